The first-order chi connectivity index (χ1) is 5.65. The molecule has 0 aliphatic carbocycles. The van der Waals surface area contributed by atoms with Gasteiger partial charge in [0.25, 0.3) is 5.69 Å². The summed E-state index contributed by atoms with van der Waals surface area (Å²) in [4.78, 5) is 10.0. The first kappa shape index (κ1) is 9.54. The van der Waals surface area contributed by atoms with Gasteiger partial charge in [-0.15, -0.1) is 0 Å². The summed E-state index contributed by atoms with van der Waals surface area (Å²) < 4.78 is 0.498. The van der Waals surface area contributed by atoms with Crippen LogP contribution in [0.2, 0.25) is 0 Å². The largest absolute Gasteiger partial charge is 0.283 e. The molecule has 0 spiro atoms. The van der Waals surface area contributed by atoms with Crippen LogP contribution < -0.4 is 0 Å². The van der Waals surface area contributed by atoms with Gasteiger partial charge in [-0.25, -0.2) is 0 Å². The molecule has 0 N–H and O–H groups in total. The number of hydrogen-bond acceptors (Lipinski definition) is 3. The summed E-state index contributed by atoms with van der Waals surface area (Å²) in [5, 5.41) is 10.4. The van der Waals surface area contributed by atoms with E-state index in [1.807, 2.05) is 0 Å². The molecule has 3 nitrogen and oxygen atoms in total. The van der Waals surface area contributed by atoms with Gasteiger partial charge >= 0.3 is 0 Å². The Kier molecular flexibility index (Phi) is 3.11. The quantitative estimate of drug-likeness (QED) is 0.496. The Hall–Kier alpha value is -0.550. The molecule has 1 aromatic rings. The van der Waals surface area contributed by atoms with E-state index < -0.39 is 4.92 Å². The number of rotatable bonds is 2. The molecule has 64 valence electrons. The summed E-state index contributed by atoms with van der Waals surface area (Å²) in [5.41, 5.74) is 0.926. The fourth-order valence-corrected chi connectivity index (χ4v) is 1.38. The molecule has 5 heteroatoms. The monoisotopic (exact) mass is 247 g/mol. The van der Waals surface area contributed by atoms with Gasteiger partial charge in [0.1, 0.15) is 0 Å². The van der Waals surface area contributed by atoms with Crippen molar-refractivity contribution in [2.45, 2.75) is 5.75 Å². The molecule has 0 heterocycles. The number of nitro groups is 1. The highest BCUT2D eigenvalue weighted by molar-refractivity contribution is 9.10. The number of nitrogens with zero attached hydrogens (tertiary/aromatic N) is 1. The van der Waals surface area contributed by atoms with E-state index in [9.17, 15) is 10.1 Å². The van der Waals surface area contributed by atoms with Crippen molar-refractivity contribution in [3.8, 4) is 0 Å². The number of thiol groups is 1. The van der Waals surface area contributed by atoms with E-state index in [4.69, 9.17) is 0 Å². The van der Waals surface area contributed by atoms with Crippen LogP contribution in [0, 0.1) is 10.1 Å². The molecule has 1 rings (SSSR count). The normalized spacial score (nSPS) is 9.83. The predicted octanol–water partition coefficient (Wildman–Crippen LogP) is 2.79. The van der Waals surface area contributed by atoms with Crippen LogP contribution in [0.15, 0.2) is 22.7 Å². The first-order valence-corrected chi connectivity index (χ1v) is 4.61. The zero-order valence-electron chi connectivity index (χ0n) is 6.03. The van der Waals surface area contributed by atoms with E-state index in [0.29, 0.717) is 10.2 Å². The number of hydrogen-bond donors (Lipinski definition) is 1. The Balaban J connectivity index is 3.17. The van der Waals surface area contributed by atoms with Gasteiger partial charge in [0.2, 0.25) is 0 Å². The van der Waals surface area contributed by atoms with Gasteiger partial charge in [0, 0.05) is 11.8 Å². The van der Waals surface area contributed by atoms with Gasteiger partial charge in [0.15, 0.2) is 0 Å². The van der Waals surface area contributed by atoms with E-state index in [2.05, 4.69) is 28.6 Å². The average molecular weight is 248 g/mol. The summed E-state index contributed by atoms with van der Waals surface area (Å²) in [6.07, 6.45) is 0. The molecule has 1 aromatic carbocycles. The molecular weight excluding hydrogens is 242 g/mol. The molecule has 0 fully saturated rings. The summed E-state index contributed by atoms with van der Waals surface area (Å²) >= 11 is 7.12. The van der Waals surface area contributed by atoms with Crippen LogP contribution in [-0.2, 0) is 5.75 Å². The van der Waals surface area contributed by atoms with E-state index in [0.717, 1.165) is 5.56 Å². The van der Waals surface area contributed by atoms with E-state index in [1.165, 1.54) is 6.07 Å². The molecule has 0 saturated carbocycles. The van der Waals surface area contributed by atoms with Crippen LogP contribution in [0.25, 0.3) is 0 Å². The Labute approximate surface area is 83.5 Å². The molecule has 0 radical (unpaired) electrons. The van der Waals surface area contributed by atoms with E-state index in [1.54, 1.807) is 12.1 Å². The Morgan fingerprint density at radius 3 is 2.75 bits per heavy atom. The van der Waals surface area contributed by atoms with Crippen LogP contribution in [-0.4, -0.2) is 4.92 Å². The molecule has 0 amide bonds. The van der Waals surface area contributed by atoms with E-state index >= 15 is 0 Å². The molecule has 0 aliphatic rings. The fraction of sp³-hybridized carbons (Fsp3) is 0.143. The average Bonchev–Trinajstić information content (AvgIpc) is 2.05. The first-order valence-electron chi connectivity index (χ1n) is 3.19. The fourth-order valence-electron chi connectivity index (χ4n) is 0.797. The minimum atomic E-state index is -0.420. The second-order valence-electron chi connectivity index (χ2n) is 2.20. The maximum atomic E-state index is 10.4. The van der Waals surface area contributed by atoms with Gasteiger partial charge in [-0.3, -0.25) is 10.1 Å². The molecule has 0 bridgehead atoms. The molecule has 0 atom stereocenters. The van der Waals surface area contributed by atoms with Crippen molar-refractivity contribution < 1.29 is 4.92 Å². The summed E-state index contributed by atoms with van der Waals surface area (Å²) in [7, 11) is 0. The third-order valence-electron chi connectivity index (χ3n) is 1.39. The summed E-state index contributed by atoms with van der Waals surface area (Å²) in [5.74, 6) is 0.508. The lowest BCUT2D eigenvalue weighted by atomic mass is 10.2. The third kappa shape index (κ3) is 1.98. The zero-order chi connectivity index (χ0) is 9.14. The lowest BCUT2D eigenvalue weighted by molar-refractivity contribution is -0.385. The van der Waals surface area contributed by atoms with Gasteiger partial charge in [-0.2, -0.15) is 12.6 Å². The molecule has 0 aliphatic heterocycles. The van der Waals surface area contributed by atoms with Crippen molar-refractivity contribution in [2.75, 3.05) is 0 Å². The second kappa shape index (κ2) is 3.91. The number of benzene rings is 1. The maximum absolute atomic E-state index is 10.4. The lowest BCUT2D eigenvalue weighted by Crippen LogP contribution is -1.90. The smallest absolute Gasteiger partial charge is 0.258 e. The van der Waals surface area contributed by atoms with E-state index in [-0.39, 0.29) is 5.69 Å². The maximum Gasteiger partial charge on any atom is 0.283 e. The van der Waals surface area contributed by atoms with Crippen LogP contribution >= 0.6 is 28.6 Å². The predicted molar refractivity (Wildman–Crippen MR) is 53.5 cm³/mol. The third-order valence-corrected chi connectivity index (χ3v) is 2.43. The standard InChI is InChI=1S/C7H6BrNO2S/c8-6-2-1-5(4-12)3-7(6)9(10)11/h1-3,12H,4H2. The topological polar surface area (TPSA) is 43.1 Å². The molecule has 0 saturated heterocycles. The highest BCUT2D eigenvalue weighted by atomic mass is 79.9. The Bertz CT molecular complexity index is 316. The number of nitro benzene ring substituents is 1. The second-order valence-corrected chi connectivity index (χ2v) is 3.37. The van der Waals surface area contributed by atoms with Crippen molar-refractivity contribution in [2.24, 2.45) is 0 Å². The highest BCUT2D eigenvalue weighted by Gasteiger charge is 2.11. The molecule has 12 heavy (non-hydrogen) atoms. The van der Waals surface area contributed by atoms with Crippen LogP contribution in [0.5, 0.6) is 0 Å². The summed E-state index contributed by atoms with van der Waals surface area (Å²) in [6.45, 7) is 0. The Morgan fingerprint density at radius 2 is 2.25 bits per heavy atom. The van der Waals surface area contributed by atoms with Gasteiger partial charge < -0.3 is 0 Å². The van der Waals surface area contributed by atoms with Crippen molar-refractivity contribution >= 4 is 34.2 Å². The zero-order valence-corrected chi connectivity index (χ0v) is 8.51. The van der Waals surface area contributed by atoms with Gasteiger partial charge in [-0.1, -0.05) is 6.07 Å². The SMILES string of the molecule is O=[N+]([O-])c1cc(CS)ccc1Br. The van der Waals surface area contributed by atoms with Crippen molar-refractivity contribution in [3.05, 3.63) is 38.3 Å². The Morgan fingerprint density at radius 1 is 1.58 bits per heavy atom. The molecule has 0 unspecified atom stereocenters. The highest BCUT2D eigenvalue weighted by Crippen LogP contribution is 2.25. The van der Waals surface area contributed by atoms with Crippen LogP contribution in [0.4, 0.5) is 5.69 Å². The minimum absolute atomic E-state index is 0.0848. The lowest BCUT2D eigenvalue weighted by Gasteiger charge is -1.97. The summed E-state index contributed by atoms with van der Waals surface area (Å²) in [6, 6.07) is 4.96. The van der Waals surface area contributed by atoms with Gasteiger partial charge in [-0.05, 0) is 27.6 Å². The van der Waals surface area contributed by atoms with Gasteiger partial charge in [0.05, 0.1) is 9.40 Å². The van der Waals surface area contributed by atoms with Crippen LogP contribution in [0.3, 0.4) is 0 Å². The minimum Gasteiger partial charge on any atom is -0.258 e. The number of halogens is 1. The van der Waals surface area contributed by atoms with Crippen molar-refractivity contribution in [1.82, 2.24) is 0 Å². The van der Waals surface area contributed by atoms with Crippen LogP contribution in [0.1, 0.15) is 5.56 Å². The molecule has 0 aromatic heterocycles. The van der Waals surface area contributed by atoms with Crippen molar-refractivity contribution in [1.29, 1.82) is 0 Å². The molecular formula is C7H6BrNO2S. The van der Waals surface area contributed by atoms with Crippen molar-refractivity contribution in [3.63, 3.8) is 0 Å².